The molecule has 1 aromatic carbocycles. The van der Waals surface area contributed by atoms with E-state index in [1.54, 1.807) is 25.1 Å². The number of carboxylic acids is 1. The highest BCUT2D eigenvalue weighted by atomic mass is 16.5. The second-order valence-corrected chi connectivity index (χ2v) is 6.28. The number of likely N-dealkylation sites (N-methyl/N-ethyl adjacent to an activating group) is 1. The van der Waals surface area contributed by atoms with Crippen LogP contribution in [-0.4, -0.2) is 53.0 Å². The van der Waals surface area contributed by atoms with Gasteiger partial charge in [-0.15, -0.1) is 0 Å². The van der Waals surface area contributed by atoms with Crippen molar-refractivity contribution in [2.45, 2.75) is 38.8 Å². The Labute approximate surface area is 140 Å². The fourth-order valence-corrected chi connectivity index (χ4v) is 2.42. The van der Waals surface area contributed by atoms with Crippen molar-refractivity contribution in [2.24, 2.45) is 0 Å². The molecule has 2 rings (SSSR count). The van der Waals surface area contributed by atoms with Gasteiger partial charge in [0.2, 0.25) is 5.91 Å². The molecule has 7 heteroatoms. The molecule has 0 saturated heterocycles. The zero-order valence-corrected chi connectivity index (χ0v) is 14.3. The molecular formula is C17H22N2O5. The van der Waals surface area contributed by atoms with E-state index in [2.05, 4.69) is 0 Å². The number of amides is 2. The van der Waals surface area contributed by atoms with Crippen molar-refractivity contribution in [1.82, 2.24) is 4.90 Å². The van der Waals surface area contributed by atoms with E-state index in [1.165, 1.54) is 30.7 Å². The van der Waals surface area contributed by atoms with E-state index in [0.29, 0.717) is 11.4 Å². The predicted octanol–water partition coefficient (Wildman–Crippen LogP) is 1.51. The molecule has 1 unspecified atom stereocenters. The molecule has 2 amide bonds. The molecule has 1 aliphatic heterocycles. The standard InChI is InChI=1S/C17H22N2O5/c1-11-15(21)19(12-7-5-6-8-13(12)24-11)10-9-14(20)18(4)17(2,3)16(22)23/h5-8,11H,9-10H2,1-4H3,(H,22,23). The number of rotatable bonds is 5. The van der Waals surface area contributed by atoms with Crippen LogP contribution in [0.4, 0.5) is 5.69 Å². The normalized spacial score (nSPS) is 17.1. The molecule has 1 N–H and O–H groups in total. The molecule has 1 heterocycles. The van der Waals surface area contributed by atoms with Gasteiger partial charge < -0.3 is 19.6 Å². The minimum Gasteiger partial charge on any atom is -0.480 e. The number of carbonyl (C=O) groups excluding carboxylic acids is 2. The smallest absolute Gasteiger partial charge is 0.329 e. The number of para-hydroxylation sites is 2. The maximum Gasteiger partial charge on any atom is 0.329 e. The topological polar surface area (TPSA) is 87.2 Å². The second kappa shape index (κ2) is 6.51. The van der Waals surface area contributed by atoms with Crippen LogP contribution in [0.15, 0.2) is 24.3 Å². The Kier molecular flexibility index (Phi) is 4.82. The molecule has 0 fully saturated rings. The van der Waals surface area contributed by atoms with E-state index in [4.69, 9.17) is 4.74 Å². The summed E-state index contributed by atoms with van der Waals surface area (Å²) < 4.78 is 5.55. The molecule has 0 aliphatic carbocycles. The average Bonchev–Trinajstić information content (AvgIpc) is 2.54. The molecule has 1 atom stereocenters. The quantitative estimate of drug-likeness (QED) is 0.882. The van der Waals surface area contributed by atoms with Crippen LogP contribution in [0.1, 0.15) is 27.2 Å². The first-order valence-electron chi connectivity index (χ1n) is 7.73. The molecule has 24 heavy (non-hydrogen) atoms. The second-order valence-electron chi connectivity index (χ2n) is 6.28. The Morgan fingerprint density at radius 1 is 1.33 bits per heavy atom. The summed E-state index contributed by atoms with van der Waals surface area (Å²) in [5.41, 5.74) is -0.689. The van der Waals surface area contributed by atoms with E-state index in [0.717, 1.165) is 0 Å². The molecule has 7 nitrogen and oxygen atoms in total. The van der Waals surface area contributed by atoms with Crippen molar-refractivity contribution in [3.8, 4) is 5.75 Å². The number of fused-ring (bicyclic) bond motifs is 1. The largest absolute Gasteiger partial charge is 0.480 e. The number of hydrogen-bond acceptors (Lipinski definition) is 4. The van der Waals surface area contributed by atoms with E-state index < -0.39 is 17.6 Å². The summed E-state index contributed by atoms with van der Waals surface area (Å²) in [7, 11) is 1.45. The fraction of sp³-hybridized carbons (Fsp3) is 0.471. The predicted molar refractivity (Wildman–Crippen MR) is 88.0 cm³/mol. The van der Waals surface area contributed by atoms with Gasteiger partial charge in [0.25, 0.3) is 5.91 Å². The Balaban J connectivity index is 2.12. The van der Waals surface area contributed by atoms with Crippen LogP contribution in [0.5, 0.6) is 5.75 Å². The number of aliphatic carboxylic acids is 1. The lowest BCUT2D eigenvalue weighted by Crippen LogP contribution is -2.52. The molecule has 0 radical (unpaired) electrons. The van der Waals surface area contributed by atoms with Gasteiger partial charge in [0, 0.05) is 20.0 Å². The third-order valence-corrected chi connectivity index (χ3v) is 4.36. The molecule has 0 aromatic heterocycles. The summed E-state index contributed by atoms with van der Waals surface area (Å²) >= 11 is 0. The molecule has 0 spiro atoms. The highest BCUT2D eigenvalue weighted by Crippen LogP contribution is 2.33. The van der Waals surface area contributed by atoms with Gasteiger partial charge in [0.1, 0.15) is 11.3 Å². The zero-order valence-electron chi connectivity index (χ0n) is 14.3. The summed E-state index contributed by atoms with van der Waals surface area (Å²) in [6.45, 7) is 4.75. The van der Waals surface area contributed by atoms with Crippen molar-refractivity contribution in [3.63, 3.8) is 0 Å². The minimum atomic E-state index is -1.31. The Morgan fingerprint density at radius 2 is 1.96 bits per heavy atom. The molecule has 0 saturated carbocycles. The molecule has 130 valence electrons. The third-order valence-electron chi connectivity index (χ3n) is 4.36. The van der Waals surface area contributed by atoms with Crippen molar-refractivity contribution in [3.05, 3.63) is 24.3 Å². The van der Waals surface area contributed by atoms with Crippen molar-refractivity contribution in [1.29, 1.82) is 0 Å². The molecular weight excluding hydrogens is 312 g/mol. The number of hydrogen-bond donors (Lipinski definition) is 1. The number of ether oxygens (including phenoxy) is 1. The van der Waals surface area contributed by atoms with E-state index in [1.807, 2.05) is 6.07 Å². The van der Waals surface area contributed by atoms with Gasteiger partial charge in [-0.25, -0.2) is 4.79 Å². The van der Waals surface area contributed by atoms with E-state index in [9.17, 15) is 19.5 Å². The van der Waals surface area contributed by atoms with Crippen LogP contribution >= 0.6 is 0 Å². The zero-order chi connectivity index (χ0) is 18.1. The van der Waals surface area contributed by atoms with Gasteiger partial charge in [-0.2, -0.15) is 0 Å². The molecule has 1 aliphatic rings. The van der Waals surface area contributed by atoms with E-state index >= 15 is 0 Å². The lowest BCUT2D eigenvalue weighted by atomic mass is 10.0. The van der Waals surface area contributed by atoms with Gasteiger partial charge in [0.15, 0.2) is 6.10 Å². The summed E-state index contributed by atoms with van der Waals surface area (Å²) in [4.78, 5) is 38.7. The average molecular weight is 334 g/mol. The van der Waals surface area contributed by atoms with Crippen LogP contribution in [0.3, 0.4) is 0 Å². The van der Waals surface area contributed by atoms with Crippen molar-refractivity contribution in [2.75, 3.05) is 18.5 Å². The monoisotopic (exact) mass is 334 g/mol. The number of nitrogens with zero attached hydrogens (tertiary/aromatic N) is 2. The Hall–Kier alpha value is -2.57. The van der Waals surface area contributed by atoms with Crippen LogP contribution in [-0.2, 0) is 14.4 Å². The van der Waals surface area contributed by atoms with Crippen LogP contribution < -0.4 is 9.64 Å². The van der Waals surface area contributed by atoms with Gasteiger partial charge in [0.05, 0.1) is 5.69 Å². The maximum atomic E-state index is 12.4. The lowest BCUT2D eigenvalue weighted by molar-refractivity contribution is -0.155. The van der Waals surface area contributed by atoms with Gasteiger partial charge in [-0.3, -0.25) is 9.59 Å². The van der Waals surface area contributed by atoms with E-state index in [-0.39, 0.29) is 24.8 Å². The highest BCUT2D eigenvalue weighted by molar-refractivity contribution is 6.00. The first-order chi connectivity index (χ1) is 11.2. The Bertz CT molecular complexity index is 671. The van der Waals surface area contributed by atoms with Gasteiger partial charge >= 0.3 is 5.97 Å². The van der Waals surface area contributed by atoms with Crippen LogP contribution in [0, 0.1) is 0 Å². The minimum absolute atomic E-state index is 0.0278. The number of anilines is 1. The summed E-state index contributed by atoms with van der Waals surface area (Å²) in [6, 6.07) is 7.13. The van der Waals surface area contributed by atoms with Gasteiger partial charge in [-0.1, -0.05) is 12.1 Å². The molecule has 1 aromatic rings. The van der Waals surface area contributed by atoms with Gasteiger partial charge in [-0.05, 0) is 32.9 Å². The summed E-state index contributed by atoms with van der Waals surface area (Å²) in [6.07, 6.45) is -0.594. The first-order valence-corrected chi connectivity index (χ1v) is 7.73. The lowest BCUT2D eigenvalue weighted by Gasteiger charge is -2.35. The SMILES string of the molecule is CC1Oc2ccccc2N(CCC(=O)N(C)C(C)(C)C(=O)O)C1=O. The maximum absolute atomic E-state index is 12.4. The van der Waals surface area contributed by atoms with Crippen molar-refractivity contribution >= 4 is 23.5 Å². The number of carbonyl (C=O) groups is 3. The van der Waals surface area contributed by atoms with Crippen LogP contribution in [0.25, 0.3) is 0 Å². The summed E-state index contributed by atoms with van der Waals surface area (Å²) in [5.74, 6) is -1.05. The number of benzene rings is 1. The summed E-state index contributed by atoms with van der Waals surface area (Å²) in [5, 5.41) is 9.21. The van der Waals surface area contributed by atoms with Crippen LogP contribution in [0.2, 0.25) is 0 Å². The molecule has 0 bridgehead atoms. The Morgan fingerprint density at radius 3 is 2.58 bits per heavy atom. The third kappa shape index (κ3) is 3.20. The number of carboxylic acid groups (broad SMARTS) is 1. The van der Waals surface area contributed by atoms with Crippen molar-refractivity contribution < 1.29 is 24.2 Å². The first kappa shape index (κ1) is 17.8. The fourth-order valence-electron chi connectivity index (χ4n) is 2.42. The highest BCUT2D eigenvalue weighted by Gasteiger charge is 2.36.